The Morgan fingerprint density at radius 2 is 1.75 bits per heavy atom. The lowest BCUT2D eigenvalue weighted by molar-refractivity contribution is 0.140. The molecule has 0 aromatic heterocycles. The number of fused-ring (bicyclic) bond motifs is 4. The molecule has 0 heteroatoms. The van der Waals surface area contributed by atoms with Crippen molar-refractivity contribution in [3.8, 4) is 0 Å². The highest BCUT2D eigenvalue weighted by molar-refractivity contribution is 5.46. The van der Waals surface area contributed by atoms with Gasteiger partial charge >= 0.3 is 0 Å². The molecule has 4 aliphatic carbocycles. The predicted molar refractivity (Wildman–Crippen MR) is 140 cm³/mol. The summed E-state index contributed by atoms with van der Waals surface area (Å²) in [7, 11) is 0. The van der Waals surface area contributed by atoms with Crippen LogP contribution >= 0.6 is 0 Å². The van der Waals surface area contributed by atoms with E-state index in [4.69, 9.17) is 0 Å². The minimum absolute atomic E-state index is 0.508. The van der Waals surface area contributed by atoms with E-state index >= 15 is 0 Å². The monoisotopic (exact) mass is 436 g/mol. The predicted octanol–water partition coefficient (Wildman–Crippen LogP) is 9.49. The van der Waals surface area contributed by atoms with Crippen molar-refractivity contribution in [1.82, 2.24) is 0 Å². The van der Waals surface area contributed by atoms with Gasteiger partial charge in [0.15, 0.2) is 0 Å². The van der Waals surface area contributed by atoms with E-state index in [1.54, 1.807) is 16.7 Å². The molecule has 3 fully saturated rings. The van der Waals surface area contributed by atoms with Crippen LogP contribution in [0, 0.1) is 64.1 Å². The molecule has 0 aromatic carbocycles. The fourth-order valence-corrected chi connectivity index (χ4v) is 9.42. The van der Waals surface area contributed by atoms with Crippen molar-refractivity contribution in [2.24, 2.45) is 64.1 Å². The van der Waals surface area contributed by atoms with Gasteiger partial charge in [-0.05, 0) is 114 Å². The highest BCUT2D eigenvalue weighted by Crippen LogP contribution is 2.95. The highest BCUT2D eigenvalue weighted by Gasteiger charge is 2.92. The van der Waals surface area contributed by atoms with E-state index in [1.165, 1.54) is 38.5 Å². The van der Waals surface area contributed by atoms with Crippen LogP contribution < -0.4 is 0 Å². The first-order valence-corrected chi connectivity index (χ1v) is 14.2. The molecule has 0 heterocycles. The molecule has 0 spiro atoms. The molecule has 4 aliphatic rings. The van der Waals surface area contributed by atoms with E-state index in [9.17, 15) is 0 Å². The second-order valence-electron chi connectivity index (χ2n) is 13.0. The fourth-order valence-electron chi connectivity index (χ4n) is 9.42. The molecule has 8 unspecified atom stereocenters. The van der Waals surface area contributed by atoms with Crippen LogP contribution in [0.5, 0.6) is 0 Å². The normalized spacial score (nSPS) is 46.6. The van der Waals surface area contributed by atoms with Gasteiger partial charge < -0.3 is 0 Å². The van der Waals surface area contributed by atoms with Gasteiger partial charge in [0, 0.05) is 0 Å². The molecule has 8 atom stereocenters. The number of rotatable bonds is 9. The van der Waals surface area contributed by atoms with E-state index < -0.39 is 0 Å². The van der Waals surface area contributed by atoms with Crippen LogP contribution in [0.15, 0.2) is 35.5 Å². The molecule has 0 N–H and O–H groups in total. The maximum absolute atomic E-state index is 4.32. The summed E-state index contributed by atoms with van der Waals surface area (Å²) >= 11 is 0. The smallest absolute Gasteiger partial charge is 0.0126 e. The Morgan fingerprint density at radius 1 is 1.09 bits per heavy atom. The molecule has 0 saturated heterocycles. The SMILES string of the molecule is C=CC(CC)C1C2C(CC)C(=C(C)CCCC(C)C)C(CC)=CC(C)C3C4C3C4(C)C12C. The first-order chi connectivity index (χ1) is 15.1. The van der Waals surface area contributed by atoms with Gasteiger partial charge in [-0.15, -0.1) is 6.58 Å². The Bertz CT molecular complexity index is 783. The van der Waals surface area contributed by atoms with Gasteiger partial charge in [-0.2, -0.15) is 0 Å². The van der Waals surface area contributed by atoms with Crippen LogP contribution in [0.1, 0.15) is 101 Å². The minimum Gasteiger partial charge on any atom is -0.103 e. The van der Waals surface area contributed by atoms with E-state index in [0.29, 0.717) is 16.7 Å². The zero-order valence-corrected chi connectivity index (χ0v) is 22.8. The van der Waals surface area contributed by atoms with Gasteiger partial charge in [-0.1, -0.05) is 79.5 Å². The summed E-state index contributed by atoms with van der Waals surface area (Å²) in [5.74, 6) is 7.61. The molecule has 0 amide bonds. The molecule has 3 saturated carbocycles. The van der Waals surface area contributed by atoms with Crippen molar-refractivity contribution in [1.29, 1.82) is 0 Å². The van der Waals surface area contributed by atoms with E-state index in [2.05, 4.69) is 81.0 Å². The quantitative estimate of drug-likeness (QED) is 0.316. The van der Waals surface area contributed by atoms with E-state index in [-0.39, 0.29) is 0 Å². The van der Waals surface area contributed by atoms with Crippen LogP contribution in [0.2, 0.25) is 0 Å². The highest BCUT2D eigenvalue weighted by atomic mass is 15.0. The molecule has 0 nitrogen and oxygen atoms in total. The minimum atomic E-state index is 0.508. The van der Waals surface area contributed by atoms with Crippen LogP contribution in [0.4, 0.5) is 0 Å². The summed E-state index contributed by atoms with van der Waals surface area (Å²) in [5.41, 5.74) is 6.32. The number of allylic oxidation sites excluding steroid dienone is 5. The second kappa shape index (κ2) is 8.46. The molecule has 4 rings (SSSR count). The summed E-state index contributed by atoms with van der Waals surface area (Å²) in [5, 5.41) is 0. The summed E-state index contributed by atoms with van der Waals surface area (Å²) in [4.78, 5) is 0. The molecule has 0 bridgehead atoms. The van der Waals surface area contributed by atoms with Crippen LogP contribution in [0.25, 0.3) is 0 Å². The van der Waals surface area contributed by atoms with Gasteiger partial charge in [-0.3, -0.25) is 0 Å². The Hall–Kier alpha value is -0.780. The first-order valence-electron chi connectivity index (χ1n) is 14.2. The Morgan fingerprint density at radius 3 is 2.25 bits per heavy atom. The van der Waals surface area contributed by atoms with Gasteiger partial charge in [0.25, 0.3) is 0 Å². The molecular formula is C32H52. The molecule has 0 radical (unpaired) electrons. The lowest BCUT2D eigenvalue weighted by Gasteiger charge is -2.37. The zero-order chi connectivity index (χ0) is 23.6. The Kier molecular flexibility index (Phi) is 6.44. The second-order valence-corrected chi connectivity index (χ2v) is 13.0. The summed E-state index contributed by atoms with van der Waals surface area (Å²) in [6.45, 7) is 26.8. The average molecular weight is 437 g/mol. The topological polar surface area (TPSA) is 0 Å². The van der Waals surface area contributed by atoms with Crippen LogP contribution in [-0.2, 0) is 0 Å². The third-order valence-corrected chi connectivity index (χ3v) is 11.2. The van der Waals surface area contributed by atoms with E-state index in [0.717, 1.165) is 47.3 Å². The summed E-state index contributed by atoms with van der Waals surface area (Å²) in [6.07, 6.45) is 12.8. The van der Waals surface area contributed by atoms with Crippen molar-refractivity contribution in [2.75, 3.05) is 0 Å². The van der Waals surface area contributed by atoms with Crippen molar-refractivity contribution in [3.05, 3.63) is 35.5 Å². The Labute approximate surface area is 200 Å². The van der Waals surface area contributed by atoms with Gasteiger partial charge in [0.2, 0.25) is 0 Å². The molecule has 0 aromatic rings. The first kappa shape index (κ1) is 24.3. The fraction of sp³-hybridized carbons (Fsp3) is 0.812. The molecule has 0 aliphatic heterocycles. The van der Waals surface area contributed by atoms with Gasteiger partial charge in [0.1, 0.15) is 0 Å². The summed E-state index contributed by atoms with van der Waals surface area (Å²) < 4.78 is 0. The van der Waals surface area contributed by atoms with Crippen LogP contribution in [0.3, 0.4) is 0 Å². The Balaban J connectivity index is 1.79. The molecular weight excluding hydrogens is 384 g/mol. The number of hydrogen-bond donors (Lipinski definition) is 0. The zero-order valence-electron chi connectivity index (χ0n) is 22.8. The third-order valence-electron chi connectivity index (χ3n) is 11.2. The van der Waals surface area contributed by atoms with Gasteiger partial charge in [0.05, 0.1) is 0 Å². The third kappa shape index (κ3) is 3.28. The maximum atomic E-state index is 4.32. The lowest BCUT2D eigenvalue weighted by Crippen LogP contribution is -2.31. The molecule has 180 valence electrons. The van der Waals surface area contributed by atoms with Crippen molar-refractivity contribution < 1.29 is 0 Å². The summed E-state index contributed by atoms with van der Waals surface area (Å²) in [6, 6.07) is 0. The van der Waals surface area contributed by atoms with Crippen LogP contribution in [-0.4, -0.2) is 0 Å². The number of hydrogen-bond acceptors (Lipinski definition) is 0. The van der Waals surface area contributed by atoms with Crippen molar-refractivity contribution >= 4 is 0 Å². The standard InChI is InChI=1S/C32H52/c1-11-22(12-2)27-28-24(14-4)25(20(7)17-15-16-19(5)6)23(13-3)18-21(8)26-29-30(26)32(29,10)31(27,28)9/h11,18-19,21-22,24,26-30H,1,12-17H2,2-10H3. The lowest BCUT2D eigenvalue weighted by atomic mass is 9.67. The maximum Gasteiger partial charge on any atom is -0.0126 e. The van der Waals surface area contributed by atoms with Crippen molar-refractivity contribution in [2.45, 2.75) is 101 Å². The molecule has 32 heavy (non-hydrogen) atoms. The van der Waals surface area contributed by atoms with E-state index in [1.807, 2.05) is 0 Å². The van der Waals surface area contributed by atoms with Crippen molar-refractivity contribution in [3.63, 3.8) is 0 Å². The largest absolute Gasteiger partial charge is 0.103 e. The average Bonchev–Trinajstić information content (AvgIpc) is 3.69. The van der Waals surface area contributed by atoms with Gasteiger partial charge in [-0.25, -0.2) is 0 Å².